The first-order chi connectivity index (χ1) is 15.4. The Hall–Kier alpha value is -2.93. The summed E-state index contributed by atoms with van der Waals surface area (Å²) in [6.45, 7) is 2.38. The van der Waals surface area contributed by atoms with Gasteiger partial charge >= 0.3 is 5.97 Å². The summed E-state index contributed by atoms with van der Waals surface area (Å²) in [5, 5.41) is 23.3. The number of aliphatic hydroxyl groups excluding tert-OH is 1. The summed E-state index contributed by atoms with van der Waals surface area (Å²) in [6.07, 6.45) is 3.87. The van der Waals surface area contributed by atoms with E-state index in [2.05, 4.69) is 16.4 Å². The number of carboxylic acid groups (broad SMARTS) is 1. The number of ether oxygens (including phenoxy) is 1. The van der Waals surface area contributed by atoms with E-state index in [1.807, 2.05) is 31.2 Å². The van der Waals surface area contributed by atoms with Crippen LogP contribution in [0.4, 0.5) is 0 Å². The van der Waals surface area contributed by atoms with Gasteiger partial charge in [0.1, 0.15) is 11.5 Å². The highest BCUT2D eigenvalue weighted by atomic mass is 35.5. The Labute approximate surface area is 191 Å². The Morgan fingerprint density at radius 3 is 2.72 bits per heavy atom. The highest BCUT2D eigenvalue weighted by molar-refractivity contribution is 6.33. The average Bonchev–Trinajstić information content (AvgIpc) is 2.78. The molecule has 2 atom stereocenters. The van der Waals surface area contributed by atoms with Crippen LogP contribution in [-0.2, 0) is 12.8 Å². The van der Waals surface area contributed by atoms with E-state index in [0.717, 1.165) is 30.5 Å². The molecule has 1 aliphatic carbocycles. The van der Waals surface area contributed by atoms with Crippen LogP contribution in [0.2, 0.25) is 5.02 Å². The van der Waals surface area contributed by atoms with Crippen molar-refractivity contribution in [1.82, 2.24) is 10.3 Å². The molecule has 1 aromatic heterocycles. The number of aromatic carboxylic acids is 1. The molecule has 4 rings (SSSR count). The lowest BCUT2D eigenvalue weighted by atomic mass is 9.88. The summed E-state index contributed by atoms with van der Waals surface area (Å²) in [4.78, 5) is 15.5. The first-order valence-electron chi connectivity index (χ1n) is 10.6. The van der Waals surface area contributed by atoms with E-state index in [1.54, 1.807) is 12.3 Å². The van der Waals surface area contributed by atoms with Gasteiger partial charge in [-0.3, -0.25) is 4.98 Å². The lowest BCUT2D eigenvalue weighted by Crippen LogP contribution is -2.37. The molecule has 3 aromatic rings. The van der Waals surface area contributed by atoms with Crippen molar-refractivity contribution in [2.45, 2.75) is 38.3 Å². The van der Waals surface area contributed by atoms with Crippen molar-refractivity contribution in [3.05, 3.63) is 87.7 Å². The number of pyridine rings is 1. The molecule has 1 aliphatic rings. The molecule has 32 heavy (non-hydrogen) atoms. The maximum atomic E-state index is 11.3. The third kappa shape index (κ3) is 5.27. The van der Waals surface area contributed by atoms with Crippen LogP contribution in [0.1, 0.15) is 45.3 Å². The van der Waals surface area contributed by atoms with Gasteiger partial charge in [-0.2, -0.15) is 0 Å². The fourth-order valence-electron chi connectivity index (χ4n) is 3.91. The van der Waals surface area contributed by atoms with Gasteiger partial charge in [-0.1, -0.05) is 23.7 Å². The van der Waals surface area contributed by atoms with E-state index < -0.39 is 12.1 Å². The molecule has 0 bridgehead atoms. The number of carboxylic acids is 1. The summed E-state index contributed by atoms with van der Waals surface area (Å²) in [7, 11) is 0. The highest BCUT2D eigenvalue weighted by Gasteiger charge is 2.20. The largest absolute Gasteiger partial charge is 0.478 e. The summed E-state index contributed by atoms with van der Waals surface area (Å²) in [5.41, 5.74) is 4.20. The SMILES string of the molecule is Cc1ccc([C@@H](O)CN[C@H]2CCc3ccc(Oc4ccc(Cl)c(C(=O)O)c4)cc3C2)cn1. The van der Waals surface area contributed by atoms with Gasteiger partial charge in [0.25, 0.3) is 0 Å². The Bertz CT molecular complexity index is 1120. The van der Waals surface area contributed by atoms with Crippen LogP contribution in [0.25, 0.3) is 0 Å². The molecule has 1 heterocycles. The average molecular weight is 453 g/mol. The molecule has 0 unspecified atom stereocenters. The molecule has 0 radical (unpaired) electrons. The van der Waals surface area contributed by atoms with E-state index in [-0.39, 0.29) is 16.6 Å². The first kappa shape index (κ1) is 22.3. The number of halogens is 1. The number of aromatic nitrogens is 1. The molecule has 7 heteroatoms. The molecule has 2 aromatic carbocycles. The Morgan fingerprint density at radius 2 is 1.97 bits per heavy atom. The van der Waals surface area contributed by atoms with Crippen molar-refractivity contribution in [3.63, 3.8) is 0 Å². The van der Waals surface area contributed by atoms with Crippen molar-refractivity contribution in [3.8, 4) is 11.5 Å². The lowest BCUT2D eigenvalue weighted by Gasteiger charge is -2.27. The van der Waals surface area contributed by atoms with Gasteiger partial charge in [-0.15, -0.1) is 0 Å². The molecular formula is C25H25ClN2O4. The monoisotopic (exact) mass is 452 g/mol. The van der Waals surface area contributed by atoms with E-state index in [9.17, 15) is 15.0 Å². The number of hydrogen-bond acceptors (Lipinski definition) is 5. The van der Waals surface area contributed by atoms with Crippen LogP contribution < -0.4 is 10.1 Å². The number of carbonyl (C=O) groups is 1. The minimum Gasteiger partial charge on any atom is -0.478 e. The van der Waals surface area contributed by atoms with Crippen LogP contribution in [0.15, 0.2) is 54.7 Å². The zero-order valence-electron chi connectivity index (χ0n) is 17.7. The Kier molecular flexibility index (Phi) is 6.74. The van der Waals surface area contributed by atoms with Crippen molar-refractivity contribution < 1.29 is 19.7 Å². The highest BCUT2D eigenvalue weighted by Crippen LogP contribution is 2.30. The number of fused-ring (bicyclic) bond motifs is 1. The van der Waals surface area contributed by atoms with Gasteiger partial charge in [0.05, 0.1) is 16.7 Å². The van der Waals surface area contributed by atoms with Gasteiger partial charge < -0.3 is 20.3 Å². The maximum absolute atomic E-state index is 11.3. The van der Waals surface area contributed by atoms with Crippen LogP contribution in [-0.4, -0.2) is 33.8 Å². The first-order valence-corrected chi connectivity index (χ1v) is 10.9. The molecule has 166 valence electrons. The zero-order chi connectivity index (χ0) is 22.7. The molecule has 3 N–H and O–H groups in total. The minimum atomic E-state index is -1.09. The molecule has 0 amide bonds. The standard InChI is InChI=1S/C25H25ClN2O4/c1-15-2-3-17(13-27-15)24(29)14-28-19-6-4-16-5-7-20(11-18(16)10-19)32-21-8-9-23(26)22(12-21)25(30)31/h2-3,5,7-9,11-13,19,24,28-29H,4,6,10,14H2,1H3,(H,30,31)/t19-,24-/m0/s1. The topological polar surface area (TPSA) is 91.7 Å². The second-order valence-electron chi connectivity index (χ2n) is 8.08. The Morgan fingerprint density at radius 1 is 1.19 bits per heavy atom. The summed E-state index contributed by atoms with van der Waals surface area (Å²) >= 11 is 5.94. The smallest absolute Gasteiger partial charge is 0.337 e. The third-order valence-electron chi connectivity index (χ3n) is 5.73. The van der Waals surface area contributed by atoms with Gasteiger partial charge in [0.15, 0.2) is 0 Å². The van der Waals surface area contributed by atoms with Crippen LogP contribution in [0.3, 0.4) is 0 Å². The van der Waals surface area contributed by atoms with Crippen molar-refractivity contribution in [2.24, 2.45) is 0 Å². The van der Waals surface area contributed by atoms with Gasteiger partial charge in [0.2, 0.25) is 0 Å². The van der Waals surface area contributed by atoms with Crippen LogP contribution in [0, 0.1) is 6.92 Å². The quantitative estimate of drug-likeness (QED) is 0.480. The molecular weight excluding hydrogens is 428 g/mol. The van der Waals surface area contributed by atoms with Crippen molar-refractivity contribution in [1.29, 1.82) is 0 Å². The minimum absolute atomic E-state index is 0.00808. The normalized spacial score (nSPS) is 16.3. The molecule has 0 aliphatic heterocycles. The van der Waals surface area contributed by atoms with E-state index in [4.69, 9.17) is 16.3 Å². The second-order valence-corrected chi connectivity index (χ2v) is 8.48. The Balaban J connectivity index is 1.40. The number of nitrogens with zero attached hydrogens (tertiary/aromatic N) is 1. The molecule has 0 fully saturated rings. The molecule has 0 saturated carbocycles. The van der Waals surface area contributed by atoms with Crippen molar-refractivity contribution in [2.75, 3.05) is 6.54 Å². The fourth-order valence-corrected chi connectivity index (χ4v) is 4.11. The number of aryl methyl sites for hydroxylation is 2. The van der Waals surface area contributed by atoms with Crippen LogP contribution in [0.5, 0.6) is 11.5 Å². The lowest BCUT2D eigenvalue weighted by molar-refractivity contribution is 0.0696. The van der Waals surface area contributed by atoms with E-state index >= 15 is 0 Å². The third-order valence-corrected chi connectivity index (χ3v) is 6.06. The van der Waals surface area contributed by atoms with E-state index in [1.165, 1.54) is 23.3 Å². The number of rotatable bonds is 7. The number of benzene rings is 2. The number of aliphatic hydroxyl groups is 1. The van der Waals surface area contributed by atoms with Gasteiger partial charge in [0, 0.05) is 30.0 Å². The fraction of sp³-hybridized carbons (Fsp3) is 0.280. The zero-order valence-corrected chi connectivity index (χ0v) is 18.5. The van der Waals surface area contributed by atoms with Gasteiger partial charge in [-0.05, 0) is 73.7 Å². The molecule has 6 nitrogen and oxygen atoms in total. The molecule has 0 saturated heterocycles. The van der Waals surface area contributed by atoms with Crippen molar-refractivity contribution >= 4 is 17.6 Å². The summed E-state index contributed by atoms with van der Waals surface area (Å²) in [5.74, 6) is -0.0238. The predicted octanol–water partition coefficient (Wildman–Crippen LogP) is 4.71. The predicted molar refractivity (Wildman–Crippen MR) is 123 cm³/mol. The summed E-state index contributed by atoms with van der Waals surface area (Å²) < 4.78 is 5.90. The van der Waals surface area contributed by atoms with Crippen LogP contribution >= 0.6 is 11.6 Å². The number of hydrogen-bond donors (Lipinski definition) is 3. The summed E-state index contributed by atoms with van der Waals surface area (Å²) in [6, 6.07) is 14.6. The van der Waals surface area contributed by atoms with E-state index in [0.29, 0.717) is 18.0 Å². The number of nitrogens with one attached hydrogen (secondary N) is 1. The molecule has 0 spiro atoms. The second kappa shape index (κ2) is 9.69. The maximum Gasteiger partial charge on any atom is 0.337 e. The van der Waals surface area contributed by atoms with Gasteiger partial charge in [-0.25, -0.2) is 4.79 Å².